The van der Waals surface area contributed by atoms with E-state index >= 15 is 0 Å². The van der Waals surface area contributed by atoms with Crippen molar-refractivity contribution in [3.05, 3.63) is 107 Å². The van der Waals surface area contributed by atoms with E-state index in [4.69, 9.17) is 10.1 Å². The molecule has 33 heavy (non-hydrogen) atoms. The average Bonchev–Trinajstić information content (AvgIpc) is 3.27. The Hall–Kier alpha value is -4.04. The lowest BCUT2D eigenvalue weighted by molar-refractivity contribution is -0.114. The van der Waals surface area contributed by atoms with Gasteiger partial charge in [-0.3, -0.25) is 10.2 Å². The van der Waals surface area contributed by atoms with Crippen LogP contribution in [0.2, 0.25) is 0 Å². The first kappa shape index (κ1) is 20.8. The molecule has 2 aliphatic rings. The van der Waals surface area contributed by atoms with E-state index in [0.29, 0.717) is 27.1 Å². The minimum absolute atomic E-state index is 0.0247. The summed E-state index contributed by atoms with van der Waals surface area (Å²) < 4.78 is 19.4. The molecule has 0 saturated heterocycles. The van der Waals surface area contributed by atoms with Crippen LogP contribution in [0.3, 0.4) is 0 Å². The maximum atomic E-state index is 13.7. The van der Waals surface area contributed by atoms with Gasteiger partial charge in [-0.1, -0.05) is 60.7 Å². The number of hydrazone groups is 1. The number of benzene rings is 3. The molecule has 0 atom stereocenters. The van der Waals surface area contributed by atoms with Crippen LogP contribution in [0.4, 0.5) is 4.39 Å². The molecule has 0 saturated carbocycles. The van der Waals surface area contributed by atoms with E-state index in [-0.39, 0.29) is 23.8 Å². The lowest BCUT2D eigenvalue weighted by Gasteiger charge is -2.20. The highest BCUT2D eigenvalue weighted by Crippen LogP contribution is 2.31. The van der Waals surface area contributed by atoms with Crippen LogP contribution in [0.25, 0.3) is 6.08 Å². The average molecular weight is 457 g/mol. The third-order valence-electron chi connectivity index (χ3n) is 5.02. The number of carbonyl (C=O) groups excluding carboxylic acids is 1. The van der Waals surface area contributed by atoms with Crippen LogP contribution in [0.15, 0.2) is 94.5 Å². The van der Waals surface area contributed by atoms with Gasteiger partial charge in [-0.25, -0.2) is 4.39 Å². The summed E-state index contributed by atoms with van der Waals surface area (Å²) in [5.41, 5.74) is 2.23. The topological polar surface area (TPSA) is 78.1 Å². The Bertz CT molecular complexity index is 1330. The molecule has 5 rings (SSSR count). The summed E-state index contributed by atoms with van der Waals surface area (Å²) in [4.78, 5) is 16.7. The van der Waals surface area contributed by atoms with Gasteiger partial charge in [-0.05, 0) is 41.6 Å². The second-order valence-corrected chi connectivity index (χ2v) is 8.20. The molecule has 0 unspecified atom stereocenters. The molecule has 0 spiro atoms. The highest BCUT2D eigenvalue weighted by Gasteiger charge is 2.35. The number of aliphatic imine (C=N–C) groups is 1. The zero-order valence-corrected chi connectivity index (χ0v) is 18.1. The van der Waals surface area contributed by atoms with Crippen LogP contribution in [0, 0.1) is 11.2 Å². The van der Waals surface area contributed by atoms with Gasteiger partial charge in [0, 0.05) is 11.1 Å². The maximum Gasteiger partial charge on any atom is 0.283 e. The predicted octanol–water partition coefficient (Wildman–Crippen LogP) is 5.07. The number of hydrogen-bond acceptors (Lipinski definition) is 5. The Kier molecular flexibility index (Phi) is 5.58. The number of halogens is 1. The number of ether oxygens (including phenoxy) is 1. The third-order valence-corrected chi connectivity index (χ3v) is 5.98. The molecule has 1 N–H and O–H groups in total. The first-order valence-electron chi connectivity index (χ1n) is 10.1. The summed E-state index contributed by atoms with van der Waals surface area (Å²) >= 11 is 1.26. The van der Waals surface area contributed by atoms with Gasteiger partial charge in [0.15, 0.2) is 5.84 Å². The van der Waals surface area contributed by atoms with Crippen molar-refractivity contribution in [1.29, 1.82) is 5.41 Å². The SMILES string of the molecule is N=C1C(=Cc2ccc(OCc3ccccc3F)cc2)C(=O)N=C2SC(c3ccccc3)=NN12. The van der Waals surface area contributed by atoms with Gasteiger partial charge >= 0.3 is 0 Å². The number of thioether (sulfide) groups is 1. The molecule has 0 aromatic heterocycles. The number of nitrogens with zero attached hydrogens (tertiary/aromatic N) is 3. The maximum absolute atomic E-state index is 13.7. The van der Waals surface area contributed by atoms with Crippen LogP contribution in [0.1, 0.15) is 16.7 Å². The molecule has 2 heterocycles. The molecule has 8 heteroatoms. The Morgan fingerprint density at radius 1 is 1.00 bits per heavy atom. The van der Waals surface area contributed by atoms with Gasteiger partial charge in [0.05, 0.1) is 5.57 Å². The largest absolute Gasteiger partial charge is 0.489 e. The second-order valence-electron chi connectivity index (χ2n) is 7.24. The van der Waals surface area contributed by atoms with Crippen molar-refractivity contribution in [3.8, 4) is 5.75 Å². The molecule has 0 bridgehead atoms. The molecule has 3 aromatic rings. The van der Waals surface area contributed by atoms with Crippen LogP contribution in [-0.4, -0.2) is 27.0 Å². The van der Waals surface area contributed by atoms with E-state index < -0.39 is 5.91 Å². The number of nitrogens with one attached hydrogen (secondary N) is 1. The highest BCUT2D eigenvalue weighted by atomic mass is 32.2. The molecule has 0 aliphatic carbocycles. The van der Waals surface area contributed by atoms with Gasteiger partial charge in [-0.2, -0.15) is 15.1 Å². The number of fused-ring (bicyclic) bond motifs is 1. The standard InChI is InChI=1S/C25H17FN4O2S/c26-21-9-5-4-8-18(21)15-32-19-12-10-16(11-13-19)14-20-22(27)30-25(28-23(20)31)33-24(29-30)17-6-2-1-3-7-17/h1-14,27H,15H2. The lowest BCUT2D eigenvalue weighted by atomic mass is 10.1. The van der Waals surface area contributed by atoms with Crippen LogP contribution >= 0.6 is 11.8 Å². The van der Waals surface area contributed by atoms with Gasteiger partial charge in [0.1, 0.15) is 23.2 Å². The van der Waals surface area contributed by atoms with Crippen LogP contribution in [-0.2, 0) is 11.4 Å². The van der Waals surface area contributed by atoms with Crippen molar-refractivity contribution in [2.45, 2.75) is 6.61 Å². The second kappa shape index (κ2) is 8.84. The van der Waals surface area contributed by atoms with Crippen molar-refractivity contribution in [1.82, 2.24) is 5.01 Å². The van der Waals surface area contributed by atoms with Crippen molar-refractivity contribution in [2.24, 2.45) is 10.1 Å². The predicted molar refractivity (Wildman–Crippen MR) is 128 cm³/mol. The molecule has 3 aromatic carbocycles. The summed E-state index contributed by atoms with van der Waals surface area (Å²) in [5.74, 6) is -0.253. The summed E-state index contributed by atoms with van der Waals surface area (Å²) in [7, 11) is 0. The zero-order valence-electron chi connectivity index (χ0n) is 17.2. The molecule has 2 aliphatic heterocycles. The van der Waals surface area contributed by atoms with E-state index in [1.807, 2.05) is 30.3 Å². The fraction of sp³-hybridized carbons (Fsp3) is 0.0400. The molecule has 0 radical (unpaired) electrons. The molecular weight excluding hydrogens is 439 g/mol. The van der Waals surface area contributed by atoms with E-state index in [1.54, 1.807) is 48.5 Å². The Balaban J connectivity index is 1.32. The van der Waals surface area contributed by atoms with Crippen molar-refractivity contribution in [3.63, 3.8) is 0 Å². The smallest absolute Gasteiger partial charge is 0.283 e. The minimum atomic E-state index is -0.483. The first-order chi connectivity index (χ1) is 16.1. The number of hydrogen-bond donors (Lipinski definition) is 1. The Morgan fingerprint density at radius 3 is 2.48 bits per heavy atom. The van der Waals surface area contributed by atoms with Crippen molar-refractivity contribution in [2.75, 3.05) is 0 Å². The summed E-state index contributed by atoms with van der Waals surface area (Å²) in [6.45, 7) is 0.113. The number of rotatable bonds is 5. The Morgan fingerprint density at radius 2 is 1.73 bits per heavy atom. The van der Waals surface area contributed by atoms with Crippen LogP contribution < -0.4 is 4.74 Å². The summed E-state index contributed by atoms with van der Waals surface area (Å²) in [6, 6.07) is 23.0. The van der Waals surface area contributed by atoms with Gasteiger partial charge in [0.2, 0.25) is 5.17 Å². The van der Waals surface area contributed by atoms with E-state index in [1.165, 1.54) is 22.8 Å². The highest BCUT2D eigenvalue weighted by molar-refractivity contribution is 8.27. The van der Waals surface area contributed by atoms with Gasteiger partial charge in [0.25, 0.3) is 5.91 Å². The van der Waals surface area contributed by atoms with Crippen molar-refractivity contribution < 1.29 is 13.9 Å². The number of amidine groups is 2. The third kappa shape index (κ3) is 4.33. The molecule has 162 valence electrons. The normalized spacial score (nSPS) is 16.5. The minimum Gasteiger partial charge on any atom is -0.489 e. The first-order valence-corrected chi connectivity index (χ1v) is 10.9. The zero-order chi connectivity index (χ0) is 22.8. The van der Waals surface area contributed by atoms with Crippen LogP contribution in [0.5, 0.6) is 5.75 Å². The molecule has 0 fully saturated rings. The number of carbonyl (C=O) groups is 1. The fourth-order valence-corrected chi connectivity index (χ4v) is 4.19. The van der Waals surface area contributed by atoms with Gasteiger partial charge in [-0.15, -0.1) is 0 Å². The van der Waals surface area contributed by atoms with Gasteiger partial charge < -0.3 is 4.74 Å². The van der Waals surface area contributed by atoms with E-state index in [2.05, 4.69) is 10.1 Å². The van der Waals surface area contributed by atoms with E-state index in [0.717, 1.165) is 5.56 Å². The quantitative estimate of drug-likeness (QED) is 0.544. The lowest BCUT2D eigenvalue weighted by Crippen LogP contribution is -2.35. The monoisotopic (exact) mass is 456 g/mol. The van der Waals surface area contributed by atoms with Crippen molar-refractivity contribution >= 4 is 39.8 Å². The fourth-order valence-electron chi connectivity index (χ4n) is 3.29. The molecular formula is C25H17FN4O2S. The number of amides is 1. The van der Waals surface area contributed by atoms with E-state index in [9.17, 15) is 9.18 Å². The molecule has 1 amide bonds. The molecule has 6 nitrogen and oxygen atoms in total. The Labute approximate surface area is 193 Å². The summed E-state index contributed by atoms with van der Waals surface area (Å²) in [6.07, 6.45) is 1.60. The summed E-state index contributed by atoms with van der Waals surface area (Å²) in [5, 5.41) is 15.4.